The van der Waals surface area contributed by atoms with Crippen LogP contribution in [0.5, 0.6) is 0 Å². The Morgan fingerprint density at radius 1 is 1.59 bits per heavy atom. The van der Waals surface area contributed by atoms with Crippen LogP contribution >= 0.6 is 0 Å². The van der Waals surface area contributed by atoms with Crippen molar-refractivity contribution in [1.29, 1.82) is 0 Å². The molecule has 17 heavy (non-hydrogen) atoms. The highest BCUT2D eigenvalue weighted by atomic mass is 16.2. The number of aromatic nitrogens is 2. The van der Waals surface area contributed by atoms with Crippen molar-refractivity contribution >= 4 is 5.91 Å². The topological polar surface area (TPSA) is 72.9 Å². The predicted octanol–water partition coefficient (Wildman–Crippen LogP) is 0.832. The van der Waals surface area contributed by atoms with Gasteiger partial charge in [0.05, 0.1) is 5.69 Å². The first-order chi connectivity index (χ1) is 7.90. The number of hydrogen-bond donors (Lipinski definition) is 2. The lowest BCUT2D eigenvalue weighted by Crippen LogP contribution is -2.38. The molecule has 1 aromatic heterocycles. The second-order valence-corrected chi connectivity index (χ2v) is 4.89. The molecule has 0 aliphatic carbocycles. The van der Waals surface area contributed by atoms with E-state index in [-0.39, 0.29) is 11.9 Å². The molecular formula is C12H22N4O. The van der Waals surface area contributed by atoms with Gasteiger partial charge in [-0.1, -0.05) is 13.8 Å². The van der Waals surface area contributed by atoms with E-state index in [1.54, 1.807) is 17.8 Å². The Kier molecular flexibility index (Phi) is 4.69. The lowest BCUT2D eigenvalue weighted by molar-refractivity contribution is 0.0940. The summed E-state index contributed by atoms with van der Waals surface area (Å²) < 4.78 is 1.58. The van der Waals surface area contributed by atoms with Crippen molar-refractivity contribution in [2.75, 3.05) is 6.54 Å². The van der Waals surface area contributed by atoms with Gasteiger partial charge in [0, 0.05) is 19.6 Å². The van der Waals surface area contributed by atoms with Gasteiger partial charge in [-0.25, -0.2) is 0 Å². The van der Waals surface area contributed by atoms with Crippen LogP contribution < -0.4 is 11.1 Å². The van der Waals surface area contributed by atoms with Crippen molar-refractivity contribution in [2.24, 2.45) is 18.7 Å². The van der Waals surface area contributed by atoms with Crippen molar-refractivity contribution in [3.8, 4) is 0 Å². The molecule has 1 rings (SSSR count). The van der Waals surface area contributed by atoms with Crippen LogP contribution in [0, 0.1) is 12.8 Å². The SMILES string of the molecule is Cc1cc(C(=O)NCC(N)CC(C)C)n(C)n1. The Morgan fingerprint density at radius 3 is 2.71 bits per heavy atom. The molecule has 0 saturated carbocycles. The molecule has 3 N–H and O–H groups in total. The fourth-order valence-electron chi connectivity index (χ4n) is 1.83. The minimum atomic E-state index is -0.118. The number of carbonyl (C=O) groups excluding carboxylic acids is 1. The highest BCUT2D eigenvalue weighted by Gasteiger charge is 2.13. The summed E-state index contributed by atoms with van der Waals surface area (Å²) in [7, 11) is 1.76. The molecule has 5 heteroatoms. The molecule has 5 nitrogen and oxygen atoms in total. The Bertz CT molecular complexity index is 384. The Labute approximate surface area is 102 Å². The first-order valence-electron chi connectivity index (χ1n) is 5.94. The van der Waals surface area contributed by atoms with Crippen molar-refractivity contribution in [3.63, 3.8) is 0 Å². The molecule has 0 spiro atoms. The maximum atomic E-state index is 11.8. The van der Waals surface area contributed by atoms with Gasteiger partial charge in [-0.15, -0.1) is 0 Å². The Hall–Kier alpha value is -1.36. The van der Waals surface area contributed by atoms with Crippen molar-refractivity contribution in [1.82, 2.24) is 15.1 Å². The van der Waals surface area contributed by atoms with Crippen molar-refractivity contribution in [3.05, 3.63) is 17.5 Å². The lowest BCUT2D eigenvalue weighted by atomic mass is 10.0. The number of amides is 1. The molecule has 0 fully saturated rings. The summed E-state index contributed by atoms with van der Waals surface area (Å²) in [5.41, 5.74) is 7.31. The molecule has 96 valence electrons. The summed E-state index contributed by atoms with van der Waals surface area (Å²) in [5.74, 6) is 0.424. The molecule has 1 amide bonds. The van der Waals surface area contributed by atoms with Gasteiger partial charge in [0.15, 0.2) is 0 Å². The van der Waals surface area contributed by atoms with Gasteiger partial charge in [0.1, 0.15) is 5.69 Å². The van der Waals surface area contributed by atoms with Crippen LogP contribution in [0.25, 0.3) is 0 Å². The number of nitrogens with one attached hydrogen (secondary N) is 1. The van der Waals surface area contributed by atoms with E-state index in [1.165, 1.54) is 0 Å². The molecule has 1 unspecified atom stereocenters. The quantitative estimate of drug-likeness (QED) is 0.798. The van der Waals surface area contributed by atoms with Gasteiger partial charge in [0.2, 0.25) is 0 Å². The summed E-state index contributed by atoms with van der Waals surface area (Å²) in [4.78, 5) is 11.8. The van der Waals surface area contributed by atoms with E-state index in [9.17, 15) is 4.79 Å². The van der Waals surface area contributed by atoms with Gasteiger partial charge in [-0.3, -0.25) is 9.48 Å². The van der Waals surface area contributed by atoms with E-state index in [0.717, 1.165) is 12.1 Å². The highest BCUT2D eigenvalue weighted by molar-refractivity contribution is 5.92. The smallest absolute Gasteiger partial charge is 0.269 e. The Balaban J connectivity index is 2.47. The molecule has 0 bridgehead atoms. The number of carbonyl (C=O) groups is 1. The van der Waals surface area contributed by atoms with Crippen LogP contribution in [-0.2, 0) is 7.05 Å². The molecule has 0 aliphatic heterocycles. The molecule has 0 aliphatic rings. The third-order valence-corrected chi connectivity index (χ3v) is 2.53. The fourth-order valence-corrected chi connectivity index (χ4v) is 1.83. The molecule has 1 atom stereocenters. The second-order valence-electron chi connectivity index (χ2n) is 4.89. The van der Waals surface area contributed by atoms with E-state index in [0.29, 0.717) is 18.2 Å². The number of nitrogens with zero attached hydrogens (tertiary/aromatic N) is 2. The van der Waals surface area contributed by atoms with Gasteiger partial charge in [-0.2, -0.15) is 5.10 Å². The third kappa shape index (κ3) is 4.19. The number of rotatable bonds is 5. The average Bonchev–Trinajstić information content (AvgIpc) is 2.53. The highest BCUT2D eigenvalue weighted by Crippen LogP contribution is 2.03. The van der Waals surface area contributed by atoms with Crippen LogP contribution in [0.2, 0.25) is 0 Å². The number of aryl methyl sites for hydroxylation is 2. The maximum absolute atomic E-state index is 11.8. The first kappa shape index (κ1) is 13.7. The molecule has 0 saturated heterocycles. The summed E-state index contributed by atoms with van der Waals surface area (Å²) in [6.07, 6.45) is 0.907. The standard InChI is InChI=1S/C12H22N4O/c1-8(2)5-10(13)7-14-12(17)11-6-9(3)15-16(11)4/h6,8,10H,5,7,13H2,1-4H3,(H,14,17). The fraction of sp³-hybridized carbons (Fsp3) is 0.667. The third-order valence-electron chi connectivity index (χ3n) is 2.53. The second kappa shape index (κ2) is 5.82. The molecule has 1 aromatic rings. The van der Waals surface area contributed by atoms with E-state index >= 15 is 0 Å². The molecular weight excluding hydrogens is 216 g/mol. The van der Waals surface area contributed by atoms with Gasteiger partial charge in [-0.05, 0) is 25.3 Å². The summed E-state index contributed by atoms with van der Waals surface area (Å²) in [6.45, 7) is 6.60. The van der Waals surface area contributed by atoms with Crippen LogP contribution in [-0.4, -0.2) is 28.3 Å². The van der Waals surface area contributed by atoms with Crippen LogP contribution in [0.4, 0.5) is 0 Å². The van der Waals surface area contributed by atoms with Crippen LogP contribution in [0.3, 0.4) is 0 Å². The van der Waals surface area contributed by atoms with E-state index in [1.807, 2.05) is 6.92 Å². The maximum Gasteiger partial charge on any atom is 0.269 e. The van der Waals surface area contributed by atoms with E-state index < -0.39 is 0 Å². The number of hydrogen-bond acceptors (Lipinski definition) is 3. The zero-order chi connectivity index (χ0) is 13.0. The van der Waals surface area contributed by atoms with Gasteiger partial charge in [0.25, 0.3) is 5.91 Å². The molecule has 0 aromatic carbocycles. The van der Waals surface area contributed by atoms with Gasteiger partial charge >= 0.3 is 0 Å². The zero-order valence-electron chi connectivity index (χ0n) is 11.0. The van der Waals surface area contributed by atoms with Crippen molar-refractivity contribution < 1.29 is 4.79 Å². The minimum Gasteiger partial charge on any atom is -0.349 e. The summed E-state index contributed by atoms with van der Waals surface area (Å²) in [6, 6.07) is 1.77. The number of nitrogens with two attached hydrogens (primary N) is 1. The van der Waals surface area contributed by atoms with E-state index in [2.05, 4.69) is 24.3 Å². The lowest BCUT2D eigenvalue weighted by Gasteiger charge is -2.14. The normalized spacial score (nSPS) is 12.8. The Morgan fingerprint density at radius 2 is 2.24 bits per heavy atom. The molecule has 1 heterocycles. The largest absolute Gasteiger partial charge is 0.349 e. The minimum absolute atomic E-state index is 0.00766. The van der Waals surface area contributed by atoms with Crippen molar-refractivity contribution in [2.45, 2.75) is 33.2 Å². The average molecular weight is 238 g/mol. The first-order valence-corrected chi connectivity index (χ1v) is 5.94. The zero-order valence-corrected chi connectivity index (χ0v) is 11.0. The molecule has 0 radical (unpaired) electrons. The summed E-state index contributed by atoms with van der Waals surface area (Å²) >= 11 is 0. The summed E-state index contributed by atoms with van der Waals surface area (Å²) in [5, 5.41) is 6.97. The van der Waals surface area contributed by atoms with Crippen LogP contribution in [0.1, 0.15) is 36.5 Å². The van der Waals surface area contributed by atoms with E-state index in [4.69, 9.17) is 5.73 Å². The van der Waals surface area contributed by atoms with Gasteiger partial charge < -0.3 is 11.1 Å². The van der Waals surface area contributed by atoms with Crippen LogP contribution in [0.15, 0.2) is 6.07 Å². The monoisotopic (exact) mass is 238 g/mol. The predicted molar refractivity (Wildman–Crippen MR) is 67.7 cm³/mol.